The van der Waals surface area contributed by atoms with Crippen molar-refractivity contribution in [2.75, 3.05) is 31.2 Å². The fourth-order valence-corrected chi connectivity index (χ4v) is 5.73. The number of carbonyl (C=O) groups excluding carboxylic acids is 1. The first-order valence-electron chi connectivity index (χ1n) is 11.8. The van der Waals surface area contributed by atoms with Crippen molar-refractivity contribution in [3.05, 3.63) is 53.1 Å². The minimum Gasteiger partial charge on any atom is -0.456 e. The third kappa shape index (κ3) is 6.28. The fourth-order valence-electron chi connectivity index (χ4n) is 5.51. The van der Waals surface area contributed by atoms with Crippen LogP contribution < -0.4 is 15.0 Å². The van der Waals surface area contributed by atoms with Crippen molar-refractivity contribution in [3.63, 3.8) is 0 Å². The van der Waals surface area contributed by atoms with Gasteiger partial charge < -0.3 is 19.7 Å². The molecule has 0 aliphatic carbocycles. The Labute approximate surface area is 202 Å². The highest BCUT2D eigenvalue weighted by Crippen LogP contribution is 2.36. The molecule has 2 aromatic carbocycles. The van der Waals surface area contributed by atoms with E-state index < -0.39 is 0 Å². The molecule has 2 aliphatic rings. The number of nitrogens with one attached hydrogen (secondary N) is 1. The van der Waals surface area contributed by atoms with E-state index in [0.29, 0.717) is 28.7 Å². The number of Topliss-reactive ketones (excluding diaryl/α,β-unsaturated/α-hetero) is 1. The predicted octanol–water partition coefficient (Wildman–Crippen LogP) is 6.10. The van der Waals surface area contributed by atoms with Crippen LogP contribution in [-0.2, 0) is 4.74 Å². The first-order chi connectivity index (χ1) is 15.6. The van der Waals surface area contributed by atoms with Gasteiger partial charge in [0.2, 0.25) is 0 Å². The standard InChI is InChI=1S/C27H35ClN2O3/c1-26(2)17-19(18-27(3,4)29-26)14-24(31)20-8-9-25(23(28)15-20)33-22-7-5-6-21(16-22)30-10-12-32-13-11-30/h5-9,15-16,19,29H,10-14,17-18H2,1-4H3. The maximum Gasteiger partial charge on any atom is 0.163 e. The van der Waals surface area contributed by atoms with Gasteiger partial charge in [-0.05, 0) is 76.8 Å². The van der Waals surface area contributed by atoms with Crippen LogP contribution in [-0.4, -0.2) is 43.2 Å². The molecule has 0 spiro atoms. The minimum atomic E-state index is 0.0256. The van der Waals surface area contributed by atoms with Crippen LogP contribution in [0.5, 0.6) is 11.5 Å². The quantitative estimate of drug-likeness (QED) is 0.517. The van der Waals surface area contributed by atoms with E-state index in [9.17, 15) is 4.79 Å². The molecule has 4 rings (SSSR count). The lowest BCUT2D eigenvalue weighted by molar-refractivity contribution is 0.0864. The molecule has 0 unspecified atom stereocenters. The van der Waals surface area contributed by atoms with Crippen molar-refractivity contribution in [2.24, 2.45) is 5.92 Å². The molecule has 2 fully saturated rings. The van der Waals surface area contributed by atoms with Gasteiger partial charge in [-0.15, -0.1) is 0 Å². The van der Waals surface area contributed by atoms with E-state index in [1.165, 1.54) is 0 Å². The summed E-state index contributed by atoms with van der Waals surface area (Å²) >= 11 is 6.53. The first-order valence-corrected chi connectivity index (χ1v) is 12.2. The number of carbonyl (C=O) groups is 1. The van der Waals surface area contributed by atoms with Gasteiger partial charge in [0, 0.05) is 47.9 Å². The van der Waals surface area contributed by atoms with Crippen molar-refractivity contribution in [2.45, 2.75) is 58.0 Å². The highest BCUT2D eigenvalue weighted by molar-refractivity contribution is 6.32. The number of anilines is 1. The Morgan fingerprint density at radius 3 is 2.45 bits per heavy atom. The molecule has 0 aromatic heterocycles. The topological polar surface area (TPSA) is 50.8 Å². The summed E-state index contributed by atoms with van der Waals surface area (Å²) in [5.74, 6) is 1.76. The molecule has 2 aliphatic heterocycles. The zero-order valence-corrected chi connectivity index (χ0v) is 20.9. The van der Waals surface area contributed by atoms with Gasteiger partial charge in [0.05, 0.1) is 18.2 Å². The Balaban J connectivity index is 1.42. The number of nitrogens with zero attached hydrogens (tertiary/aromatic N) is 1. The maximum absolute atomic E-state index is 13.0. The van der Waals surface area contributed by atoms with Crippen LogP contribution in [0.25, 0.3) is 0 Å². The van der Waals surface area contributed by atoms with Gasteiger partial charge in [-0.2, -0.15) is 0 Å². The molecule has 0 bridgehead atoms. The Bertz CT molecular complexity index is 983. The van der Waals surface area contributed by atoms with E-state index in [4.69, 9.17) is 21.1 Å². The van der Waals surface area contributed by atoms with Gasteiger partial charge in [0.25, 0.3) is 0 Å². The predicted molar refractivity (Wildman–Crippen MR) is 134 cm³/mol. The number of hydrogen-bond acceptors (Lipinski definition) is 5. The summed E-state index contributed by atoms with van der Waals surface area (Å²) < 4.78 is 11.5. The zero-order chi connectivity index (χ0) is 23.6. The molecule has 0 atom stereocenters. The van der Waals surface area contributed by atoms with Crippen LogP contribution in [0, 0.1) is 5.92 Å². The number of benzene rings is 2. The van der Waals surface area contributed by atoms with Gasteiger partial charge >= 0.3 is 0 Å². The second kappa shape index (κ2) is 9.65. The molecule has 178 valence electrons. The van der Waals surface area contributed by atoms with E-state index in [0.717, 1.165) is 50.6 Å². The highest BCUT2D eigenvalue weighted by Gasteiger charge is 2.38. The molecule has 0 saturated carbocycles. The largest absolute Gasteiger partial charge is 0.456 e. The average Bonchev–Trinajstić information content (AvgIpc) is 2.74. The average molecular weight is 471 g/mol. The summed E-state index contributed by atoms with van der Waals surface area (Å²) in [6, 6.07) is 13.3. The summed E-state index contributed by atoms with van der Waals surface area (Å²) in [5, 5.41) is 4.13. The lowest BCUT2D eigenvalue weighted by atomic mass is 9.74. The molecule has 0 radical (unpaired) electrons. The van der Waals surface area contributed by atoms with Crippen molar-refractivity contribution < 1.29 is 14.3 Å². The second-order valence-corrected chi connectivity index (χ2v) is 11.0. The molecular formula is C27H35ClN2O3. The number of ketones is 1. The first kappa shape index (κ1) is 24.1. The van der Waals surface area contributed by atoms with Crippen molar-refractivity contribution in [1.29, 1.82) is 0 Å². The van der Waals surface area contributed by atoms with Crippen molar-refractivity contribution in [3.8, 4) is 11.5 Å². The Kier molecular flexibility index (Phi) is 7.04. The van der Waals surface area contributed by atoms with Gasteiger partial charge in [0.1, 0.15) is 11.5 Å². The summed E-state index contributed by atoms with van der Waals surface area (Å²) in [6.45, 7) is 12.0. The summed E-state index contributed by atoms with van der Waals surface area (Å²) in [5.41, 5.74) is 1.80. The minimum absolute atomic E-state index is 0.0256. The van der Waals surface area contributed by atoms with E-state index in [1.807, 2.05) is 24.3 Å². The lowest BCUT2D eigenvalue weighted by Gasteiger charge is -2.46. The molecule has 1 N–H and O–H groups in total. The van der Waals surface area contributed by atoms with Crippen LogP contribution in [0.15, 0.2) is 42.5 Å². The SMILES string of the molecule is CC1(C)CC(CC(=O)c2ccc(Oc3cccc(N4CCOCC4)c3)c(Cl)c2)CC(C)(C)N1. The molecule has 2 saturated heterocycles. The van der Waals surface area contributed by atoms with Gasteiger partial charge in [0.15, 0.2) is 5.78 Å². The summed E-state index contributed by atoms with van der Waals surface area (Å²) in [6.07, 6.45) is 2.50. The highest BCUT2D eigenvalue weighted by atomic mass is 35.5. The van der Waals surface area contributed by atoms with Crippen molar-refractivity contribution in [1.82, 2.24) is 5.32 Å². The van der Waals surface area contributed by atoms with Crippen molar-refractivity contribution >= 4 is 23.1 Å². The van der Waals surface area contributed by atoms with Crippen LogP contribution in [0.4, 0.5) is 5.69 Å². The monoisotopic (exact) mass is 470 g/mol. The number of rotatable bonds is 6. The number of piperidine rings is 1. The Morgan fingerprint density at radius 1 is 1.09 bits per heavy atom. The van der Waals surface area contributed by atoms with Gasteiger partial charge in [-0.25, -0.2) is 0 Å². The lowest BCUT2D eigenvalue weighted by Crippen LogP contribution is -2.57. The maximum atomic E-state index is 13.0. The smallest absolute Gasteiger partial charge is 0.163 e. The summed E-state index contributed by atoms with van der Waals surface area (Å²) in [4.78, 5) is 15.3. The van der Waals surface area contributed by atoms with Gasteiger partial charge in [-0.1, -0.05) is 17.7 Å². The number of hydrogen-bond donors (Lipinski definition) is 1. The Morgan fingerprint density at radius 2 is 1.79 bits per heavy atom. The van der Waals surface area contributed by atoms with E-state index >= 15 is 0 Å². The molecule has 33 heavy (non-hydrogen) atoms. The Hall–Kier alpha value is -2.08. The molecule has 5 nitrogen and oxygen atoms in total. The molecular weight excluding hydrogens is 436 g/mol. The van der Waals surface area contributed by atoms with E-state index in [2.05, 4.69) is 44.0 Å². The molecule has 2 aromatic rings. The van der Waals surface area contributed by atoms with Crippen LogP contribution in [0.1, 0.15) is 57.3 Å². The normalized spacial score (nSPS) is 20.5. The van der Waals surface area contributed by atoms with Crippen LogP contribution in [0.3, 0.4) is 0 Å². The third-order valence-electron chi connectivity index (χ3n) is 6.42. The van der Waals surface area contributed by atoms with Crippen LogP contribution >= 0.6 is 11.6 Å². The summed E-state index contributed by atoms with van der Waals surface area (Å²) in [7, 11) is 0. The molecule has 0 amide bonds. The van der Waals surface area contributed by atoms with E-state index in [-0.39, 0.29) is 16.9 Å². The fraction of sp³-hybridized carbons (Fsp3) is 0.519. The second-order valence-electron chi connectivity index (χ2n) is 10.6. The molecule has 2 heterocycles. The number of ether oxygens (including phenoxy) is 2. The van der Waals surface area contributed by atoms with Crippen LogP contribution in [0.2, 0.25) is 5.02 Å². The number of halogens is 1. The van der Waals surface area contributed by atoms with E-state index in [1.54, 1.807) is 12.1 Å². The molecule has 6 heteroatoms. The third-order valence-corrected chi connectivity index (χ3v) is 6.72. The number of morpholine rings is 1. The zero-order valence-electron chi connectivity index (χ0n) is 20.1. The van der Waals surface area contributed by atoms with Gasteiger partial charge in [-0.3, -0.25) is 4.79 Å².